The Morgan fingerprint density at radius 2 is 2.10 bits per heavy atom. The van der Waals surface area contributed by atoms with Crippen LogP contribution in [-0.2, 0) is 16.1 Å². The zero-order valence-electron chi connectivity index (χ0n) is 12.1. The number of carbonyl (C=O) groups is 1. The summed E-state index contributed by atoms with van der Waals surface area (Å²) in [4.78, 5) is 15.8. The zero-order chi connectivity index (χ0) is 14.5. The smallest absolute Gasteiger partial charge is 0.323 e. The SMILES string of the molecule is COC(=O)C(NCc1ccc2cnccc2c1)C(C)C. The number of benzene rings is 1. The van der Waals surface area contributed by atoms with E-state index >= 15 is 0 Å². The summed E-state index contributed by atoms with van der Waals surface area (Å²) >= 11 is 0. The number of hydrogen-bond donors (Lipinski definition) is 1. The molecular formula is C16H20N2O2. The molecule has 0 aliphatic heterocycles. The van der Waals surface area contributed by atoms with E-state index in [1.165, 1.54) is 7.11 Å². The molecule has 20 heavy (non-hydrogen) atoms. The van der Waals surface area contributed by atoms with Gasteiger partial charge in [-0.3, -0.25) is 9.78 Å². The van der Waals surface area contributed by atoms with E-state index in [1.807, 2.05) is 38.2 Å². The second kappa shape index (κ2) is 6.48. The van der Waals surface area contributed by atoms with Crippen molar-refractivity contribution in [2.24, 2.45) is 5.92 Å². The summed E-state index contributed by atoms with van der Waals surface area (Å²) in [6.45, 7) is 4.64. The van der Waals surface area contributed by atoms with Crippen molar-refractivity contribution < 1.29 is 9.53 Å². The summed E-state index contributed by atoms with van der Waals surface area (Å²) in [5.41, 5.74) is 1.14. The average molecular weight is 272 g/mol. The fourth-order valence-corrected chi connectivity index (χ4v) is 2.19. The van der Waals surface area contributed by atoms with Gasteiger partial charge >= 0.3 is 5.97 Å². The molecule has 1 heterocycles. The number of nitrogens with one attached hydrogen (secondary N) is 1. The number of pyridine rings is 1. The Labute approximate surface area is 119 Å². The Balaban J connectivity index is 2.09. The number of fused-ring (bicyclic) bond motifs is 1. The molecule has 0 amide bonds. The number of hydrogen-bond acceptors (Lipinski definition) is 4. The van der Waals surface area contributed by atoms with Crippen molar-refractivity contribution in [3.8, 4) is 0 Å². The van der Waals surface area contributed by atoms with Gasteiger partial charge < -0.3 is 10.1 Å². The number of carbonyl (C=O) groups excluding carboxylic acids is 1. The van der Waals surface area contributed by atoms with Gasteiger partial charge in [0.15, 0.2) is 0 Å². The van der Waals surface area contributed by atoms with Crippen molar-refractivity contribution in [2.45, 2.75) is 26.4 Å². The molecule has 0 radical (unpaired) electrons. The van der Waals surface area contributed by atoms with Gasteiger partial charge in [-0.1, -0.05) is 26.0 Å². The Kier molecular flexibility index (Phi) is 4.69. The first-order chi connectivity index (χ1) is 9.61. The maximum absolute atomic E-state index is 11.7. The molecule has 1 aromatic carbocycles. The molecule has 2 aromatic rings. The maximum atomic E-state index is 11.7. The van der Waals surface area contributed by atoms with Crippen molar-refractivity contribution in [2.75, 3.05) is 7.11 Å². The Hall–Kier alpha value is -1.94. The molecule has 1 atom stereocenters. The molecule has 0 saturated heterocycles. The zero-order valence-corrected chi connectivity index (χ0v) is 12.1. The van der Waals surface area contributed by atoms with E-state index in [-0.39, 0.29) is 17.9 Å². The normalized spacial score (nSPS) is 12.6. The van der Waals surface area contributed by atoms with Crippen molar-refractivity contribution in [1.82, 2.24) is 10.3 Å². The molecule has 0 aliphatic rings. The third-order valence-corrected chi connectivity index (χ3v) is 3.35. The Morgan fingerprint density at radius 3 is 2.80 bits per heavy atom. The monoisotopic (exact) mass is 272 g/mol. The lowest BCUT2D eigenvalue weighted by Gasteiger charge is -2.20. The number of esters is 1. The van der Waals surface area contributed by atoms with Gasteiger partial charge in [-0.2, -0.15) is 0 Å². The molecule has 0 fully saturated rings. The van der Waals surface area contributed by atoms with Crippen LogP contribution in [0, 0.1) is 5.92 Å². The topological polar surface area (TPSA) is 51.2 Å². The van der Waals surface area contributed by atoms with Crippen LogP contribution in [0.15, 0.2) is 36.7 Å². The van der Waals surface area contributed by atoms with Crippen LogP contribution < -0.4 is 5.32 Å². The minimum absolute atomic E-state index is 0.187. The van der Waals surface area contributed by atoms with Crippen molar-refractivity contribution in [3.05, 3.63) is 42.2 Å². The van der Waals surface area contributed by atoms with Crippen molar-refractivity contribution in [1.29, 1.82) is 0 Å². The summed E-state index contributed by atoms with van der Waals surface area (Å²) in [5, 5.41) is 5.53. The molecule has 4 nitrogen and oxygen atoms in total. The van der Waals surface area contributed by atoms with Crippen LogP contribution in [0.1, 0.15) is 19.4 Å². The Morgan fingerprint density at radius 1 is 1.30 bits per heavy atom. The van der Waals surface area contributed by atoms with E-state index in [4.69, 9.17) is 4.74 Å². The van der Waals surface area contributed by atoms with Gasteiger partial charge in [0.05, 0.1) is 7.11 Å². The van der Waals surface area contributed by atoms with Gasteiger partial charge in [-0.05, 0) is 29.0 Å². The van der Waals surface area contributed by atoms with Crippen LogP contribution in [0.2, 0.25) is 0 Å². The first-order valence-electron chi connectivity index (χ1n) is 6.75. The highest BCUT2D eigenvalue weighted by Gasteiger charge is 2.21. The van der Waals surface area contributed by atoms with Crippen LogP contribution in [0.3, 0.4) is 0 Å². The van der Waals surface area contributed by atoms with E-state index in [2.05, 4.69) is 16.4 Å². The molecule has 106 valence electrons. The standard InChI is InChI=1S/C16H20N2O2/c1-11(2)15(16(19)20-3)18-9-12-4-5-14-10-17-7-6-13(14)8-12/h4-8,10-11,15,18H,9H2,1-3H3. The highest BCUT2D eigenvalue weighted by atomic mass is 16.5. The van der Waals surface area contributed by atoms with Gasteiger partial charge in [0.2, 0.25) is 0 Å². The quantitative estimate of drug-likeness (QED) is 0.850. The van der Waals surface area contributed by atoms with Crippen LogP contribution in [0.25, 0.3) is 10.8 Å². The highest BCUT2D eigenvalue weighted by Crippen LogP contribution is 2.15. The van der Waals surface area contributed by atoms with Crippen LogP contribution in [0.4, 0.5) is 0 Å². The van der Waals surface area contributed by atoms with E-state index in [1.54, 1.807) is 6.20 Å². The van der Waals surface area contributed by atoms with Gasteiger partial charge in [0, 0.05) is 24.3 Å². The molecule has 0 aliphatic carbocycles. The van der Waals surface area contributed by atoms with Gasteiger partial charge in [-0.25, -0.2) is 0 Å². The van der Waals surface area contributed by atoms with Gasteiger partial charge in [-0.15, -0.1) is 0 Å². The minimum Gasteiger partial charge on any atom is -0.468 e. The molecule has 0 spiro atoms. The molecule has 0 bridgehead atoms. The summed E-state index contributed by atoms with van der Waals surface area (Å²) in [7, 11) is 1.42. The fraction of sp³-hybridized carbons (Fsp3) is 0.375. The van der Waals surface area contributed by atoms with E-state index < -0.39 is 0 Å². The highest BCUT2D eigenvalue weighted by molar-refractivity contribution is 5.82. The second-order valence-electron chi connectivity index (χ2n) is 5.18. The second-order valence-corrected chi connectivity index (χ2v) is 5.18. The molecule has 1 unspecified atom stereocenters. The lowest BCUT2D eigenvalue weighted by Crippen LogP contribution is -2.41. The molecule has 1 N–H and O–H groups in total. The van der Waals surface area contributed by atoms with Crippen LogP contribution >= 0.6 is 0 Å². The van der Waals surface area contributed by atoms with E-state index in [9.17, 15) is 4.79 Å². The van der Waals surface area contributed by atoms with Crippen molar-refractivity contribution in [3.63, 3.8) is 0 Å². The predicted molar refractivity (Wildman–Crippen MR) is 79.2 cm³/mol. The lowest BCUT2D eigenvalue weighted by atomic mass is 10.0. The summed E-state index contributed by atoms with van der Waals surface area (Å²) in [6, 6.07) is 7.90. The number of ether oxygens (including phenoxy) is 1. The first kappa shape index (κ1) is 14.5. The molecular weight excluding hydrogens is 252 g/mol. The third-order valence-electron chi connectivity index (χ3n) is 3.35. The Bertz CT molecular complexity index is 596. The van der Waals surface area contributed by atoms with Gasteiger partial charge in [0.25, 0.3) is 0 Å². The molecule has 0 saturated carbocycles. The van der Waals surface area contributed by atoms with Crippen LogP contribution in [0.5, 0.6) is 0 Å². The van der Waals surface area contributed by atoms with E-state index in [0.717, 1.165) is 16.3 Å². The first-order valence-corrected chi connectivity index (χ1v) is 6.75. The lowest BCUT2D eigenvalue weighted by molar-refractivity contribution is -0.144. The van der Waals surface area contributed by atoms with E-state index in [0.29, 0.717) is 6.54 Å². The number of nitrogens with zero attached hydrogens (tertiary/aromatic N) is 1. The minimum atomic E-state index is -0.284. The van der Waals surface area contributed by atoms with Crippen LogP contribution in [-0.4, -0.2) is 24.1 Å². The third kappa shape index (κ3) is 3.33. The molecule has 1 aromatic heterocycles. The molecule has 4 heteroatoms. The number of methoxy groups -OCH3 is 1. The summed E-state index contributed by atoms with van der Waals surface area (Å²) in [5.74, 6) is -0.0305. The summed E-state index contributed by atoms with van der Waals surface area (Å²) in [6.07, 6.45) is 3.63. The maximum Gasteiger partial charge on any atom is 0.323 e. The summed E-state index contributed by atoms with van der Waals surface area (Å²) < 4.78 is 4.82. The number of aromatic nitrogens is 1. The fourth-order valence-electron chi connectivity index (χ4n) is 2.19. The van der Waals surface area contributed by atoms with Gasteiger partial charge in [0.1, 0.15) is 6.04 Å². The average Bonchev–Trinajstić information content (AvgIpc) is 2.46. The largest absolute Gasteiger partial charge is 0.468 e. The molecule has 2 rings (SSSR count). The number of rotatable bonds is 5. The van der Waals surface area contributed by atoms with Crippen molar-refractivity contribution >= 4 is 16.7 Å². The predicted octanol–water partition coefficient (Wildman–Crippen LogP) is 2.52.